The molecule has 0 spiro atoms. The third-order valence-corrected chi connectivity index (χ3v) is 5.85. The molecule has 0 bridgehead atoms. The minimum atomic E-state index is -2.67. The van der Waals surface area contributed by atoms with Crippen LogP contribution in [0.5, 0.6) is 0 Å². The van der Waals surface area contributed by atoms with E-state index in [0.29, 0.717) is 29.2 Å². The van der Waals surface area contributed by atoms with Crippen molar-refractivity contribution in [3.63, 3.8) is 0 Å². The van der Waals surface area contributed by atoms with Crippen LogP contribution in [0, 0.1) is 0 Å². The minimum absolute atomic E-state index is 0.0616. The maximum atomic E-state index is 13.3. The molecule has 1 amide bonds. The third kappa shape index (κ3) is 3.89. The van der Waals surface area contributed by atoms with Gasteiger partial charge in [-0.3, -0.25) is 4.79 Å². The van der Waals surface area contributed by atoms with Crippen molar-refractivity contribution in [2.75, 3.05) is 7.11 Å². The van der Waals surface area contributed by atoms with E-state index in [1.807, 2.05) is 24.3 Å². The lowest BCUT2D eigenvalue weighted by atomic mass is 9.94. The number of hydrogen-bond donors (Lipinski definition) is 0. The molecule has 6 nitrogen and oxygen atoms in total. The molecule has 0 saturated heterocycles. The second-order valence-electron chi connectivity index (χ2n) is 6.88. The van der Waals surface area contributed by atoms with E-state index in [0.717, 1.165) is 11.1 Å². The lowest BCUT2D eigenvalue weighted by molar-refractivity contribution is -0.154. The Morgan fingerprint density at radius 2 is 1.87 bits per heavy atom. The van der Waals surface area contributed by atoms with Gasteiger partial charge in [-0.1, -0.05) is 36.4 Å². The summed E-state index contributed by atoms with van der Waals surface area (Å²) in [5, 5.41) is 0.0616. The number of carbonyl (C=O) groups excluding carboxylic acids is 2. The zero-order chi connectivity index (χ0) is 21.3. The van der Waals surface area contributed by atoms with E-state index in [1.165, 1.54) is 16.6 Å². The smallest absolute Gasteiger partial charge is 0.328 e. The van der Waals surface area contributed by atoms with Crippen LogP contribution in [0.4, 0.5) is 8.78 Å². The first-order chi connectivity index (χ1) is 14.5. The predicted molar refractivity (Wildman–Crippen MR) is 108 cm³/mol. The van der Waals surface area contributed by atoms with E-state index in [4.69, 9.17) is 4.74 Å². The van der Waals surface area contributed by atoms with Crippen molar-refractivity contribution in [2.24, 2.45) is 0 Å². The Morgan fingerprint density at radius 3 is 2.60 bits per heavy atom. The van der Waals surface area contributed by atoms with Gasteiger partial charge in [-0.25, -0.2) is 9.78 Å². The summed E-state index contributed by atoms with van der Waals surface area (Å²) in [6, 6.07) is 13.8. The molecule has 9 heteroatoms. The molecule has 0 aliphatic carbocycles. The van der Waals surface area contributed by atoms with Crippen LogP contribution in [-0.4, -0.2) is 45.2 Å². The van der Waals surface area contributed by atoms with Gasteiger partial charge in [0.1, 0.15) is 12.6 Å². The van der Waals surface area contributed by atoms with E-state index in [9.17, 15) is 18.4 Å². The number of methoxy groups -OCH3 is 1. The SMILES string of the molecule is COC(=O)C1Cc2ccccc2CN1C(=O)Cn1c(SC(F)F)nc2ccccc21. The highest BCUT2D eigenvalue weighted by Gasteiger charge is 2.35. The molecular weight excluding hydrogens is 412 g/mol. The number of amides is 1. The van der Waals surface area contributed by atoms with Crippen molar-refractivity contribution in [1.82, 2.24) is 14.5 Å². The van der Waals surface area contributed by atoms with Crippen molar-refractivity contribution in [2.45, 2.75) is 36.5 Å². The molecule has 4 rings (SSSR count). The molecule has 3 aromatic rings. The second-order valence-corrected chi connectivity index (χ2v) is 7.84. The Bertz CT molecular complexity index is 1100. The lowest BCUT2D eigenvalue weighted by Gasteiger charge is -2.35. The number of halogens is 2. The van der Waals surface area contributed by atoms with Gasteiger partial charge in [-0.15, -0.1) is 0 Å². The number of ether oxygens (including phenoxy) is 1. The molecule has 0 N–H and O–H groups in total. The van der Waals surface area contributed by atoms with Crippen LogP contribution in [0.15, 0.2) is 53.7 Å². The van der Waals surface area contributed by atoms with Gasteiger partial charge in [0.15, 0.2) is 5.16 Å². The molecule has 1 aliphatic rings. The largest absolute Gasteiger partial charge is 0.467 e. The molecule has 1 atom stereocenters. The summed E-state index contributed by atoms with van der Waals surface area (Å²) >= 11 is 0.296. The number of carbonyl (C=O) groups is 2. The summed E-state index contributed by atoms with van der Waals surface area (Å²) in [5.74, 6) is -3.53. The monoisotopic (exact) mass is 431 g/mol. The second kappa shape index (κ2) is 8.43. The van der Waals surface area contributed by atoms with Crippen molar-refractivity contribution < 1.29 is 23.1 Å². The van der Waals surface area contributed by atoms with Crippen LogP contribution in [0.1, 0.15) is 11.1 Å². The Labute approximate surface area is 175 Å². The predicted octanol–water partition coefficient (Wildman–Crippen LogP) is 3.48. The number of benzene rings is 2. The van der Waals surface area contributed by atoms with Gasteiger partial charge in [-0.2, -0.15) is 8.78 Å². The Hall–Kier alpha value is -2.94. The highest BCUT2D eigenvalue weighted by molar-refractivity contribution is 7.99. The van der Waals surface area contributed by atoms with Crippen molar-refractivity contribution in [3.8, 4) is 0 Å². The van der Waals surface area contributed by atoms with Gasteiger partial charge in [0.25, 0.3) is 5.76 Å². The number of nitrogens with zero attached hydrogens (tertiary/aromatic N) is 3. The van der Waals surface area contributed by atoms with E-state index < -0.39 is 17.8 Å². The molecule has 156 valence electrons. The fourth-order valence-corrected chi connectivity index (χ4v) is 4.33. The number of hydrogen-bond acceptors (Lipinski definition) is 5. The average Bonchev–Trinajstić information content (AvgIpc) is 3.08. The summed E-state index contributed by atoms with van der Waals surface area (Å²) < 4.78 is 32.5. The standard InChI is InChI=1S/C21H19F2N3O3S/c1-29-19(28)17-10-13-6-2-3-7-14(13)11-25(17)18(27)12-26-16-9-5-4-8-15(16)24-21(26)30-20(22)23/h2-9,17,20H,10-12H2,1H3. The number of rotatable bonds is 5. The highest BCUT2D eigenvalue weighted by Crippen LogP contribution is 2.30. The Balaban J connectivity index is 1.68. The van der Waals surface area contributed by atoms with Crippen LogP contribution in [0.3, 0.4) is 0 Å². The van der Waals surface area contributed by atoms with E-state index in [1.54, 1.807) is 24.3 Å². The van der Waals surface area contributed by atoms with Crippen LogP contribution < -0.4 is 0 Å². The maximum Gasteiger partial charge on any atom is 0.328 e. The number of esters is 1. The average molecular weight is 431 g/mol. The summed E-state index contributed by atoms with van der Waals surface area (Å²) in [4.78, 5) is 31.3. The van der Waals surface area contributed by atoms with Crippen LogP contribution in [-0.2, 0) is 33.8 Å². The minimum Gasteiger partial charge on any atom is -0.467 e. The van der Waals surface area contributed by atoms with E-state index in [-0.39, 0.29) is 24.2 Å². The molecule has 2 aromatic carbocycles. The molecule has 0 fully saturated rings. The summed E-state index contributed by atoms with van der Waals surface area (Å²) in [6.45, 7) is 0.0456. The molecule has 1 aliphatic heterocycles. The number of para-hydroxylation sites is 2. The first-order valence-electron chi connectivity index (χ1n) is 9.32. The van der Waals surface area contributed by atoms with E-state index in [2.05, 4.69) is 4.98 Å². The first kappa shape index (κ1) is 20.3. The molecule has 30 heavy (non-hydrogen) atoms. The normalized spacial score (nSPS) is 16.0. The summed E-state index contributed by atoms with van der Waals surface area (Å²) in [7, 11) is 1.28. The Morgan fingerprint density at radius 1 is 1.17 bits per heavy atom. The first-order valence-corrected chi connectivity index (χ1v) is 10.2. The quantitative estimate of drug-likeness (QED) is 0.457. The molecular formula is C21H19F2N3O3S. The third-order valence-electron chi connectivity index (χ3n) is 5.15. The van der Waals surface area contributed by atoms with Gasteiger partial charge in [0, 0.05) is 13.0 Å². The number of aromatic nitrogens is 2. The van der Waals surface area contributed by atoms with Crippen molar-refractivity contribution >= 4 is 34.7 Å². The molecule has 0 saturated carbocycles. The lowest BCUT2D eigenvalue weighted by Crippen LogP contribution is -2.50. The number of thioether (sulfide) groups is 1. The van der Waals surface area contributed by atoms with Crippen LogP contribution in [0.2, 0.25) is 0 Å². The maximum absolute atomic E-state index is 13.3. The van der Waals surface area contributed by atoms with E-state index >= 15 is 0 Å². The Kier molecular flexibility index (Phi) is 5.72. The van der Waals surface area contributed by atoms with Gasteiger partial charge in [0.05, 0.1) is 18.1 Å². The summed E-state index contributed by atoms with van der Waals surface area (Å²) in [5.41, 5.74) is 3.05. The zero-order valence-corrected chi connectivity index (χ0v) is 16.9. The molecule has 2 heterocycles. The van der Waals surface area contributed by atoms with Crippen LogP contribution >= 0.6 is 11.8 Å². The topological polar surface area (TPSA) is 64.4 Å². The van der Waals surface area contributed by atoms with Gasteiger partial charge in [0.2, 0.25) is 5.91 Å². The van der Waals surface area contributed by atoms with Gasteiger partial charge in [-0.05, 0) is 35.0 Å². The molecule has 1 unspecified atom stereocenters. The van der Waals surface area contributed by atoms with Crippen LogP contribution in [0.25, 0.3) is 11.0 Å². The summed E-state index contributed by atoms with van der Waals surface area (Å²) in [6.07, 6.45) is 0.345. The van der Waals surface area contributed by atoms with Gasteiger partial charge < -0.3 is 14.2 Å². The zero-order valence-electron chi connectivity index (χ0n) is 16.1. The number of alkyl halides is 2. The van der Waals surface area contributed by atoms with Gasteiger partial charge >= 0.3 is 5.97 Å². The van der Waals surface area contributed by atoms with Crippen molar-refractivity contribution in [3.05, 3.63) is 59.7 Å². The number of imidazole rings is 1. The highest BCUT2D eigenvalue weighted by atomic mass is 32.2. The molecule has 0 radical (unpaired) electrons. The fourth-order valence-electron chi connectivity index (χ4n) is 3.73. The van der Waals surface area contributed by atoms with Crippen molar-refractivity contribution in [1.29, 1.82) is 0 Å². The fraction of sp³-hybridized carbons (Fsp3) is 0.286. The number of fused-ring (bicyclic) bond motifs is 2. The molecule has 1 aromatic heterocycles.